The number of H-pyrrole nitrogens is 1. The van der Waals surface area contributed by atoms with Gasteiger partial charge in [-0.3, -0.25) is 71.9 Å². The first kappa shape index (κ1) is 84.9. The largest absolute Gasteiger partial charge is 0.508 e. The molecule has 0 aliphatic carbocycles. The molecule has 1 aliphatic heterocycles. The zero-order valence-corrected chi connectivity index (χ0v) is 58.9. The number of carbonyl (C=O) groups excluding carboxylic acids is 14. The number of hydrogen-bond acceptors (Lipinski definition) is 22. The van der Waals surface area contributed by atoms with E-state index in [-0.39, 0.29) is 50.3 Å². The second-order valence-corrected chi connectivity index (χ2v) is 25.4. The Morgan fingerprint density at radius 3 is 1.59 bits per heavy atom. The van der Waals surface area contributed by atoms with Crippen molar-refractivity contribution in [3.8, 4) is 5.75 Å². The number of rotatable bonds is 41. The van der Waals surface area contributed by atoms with E-state index in [2.05, 4.69) is 81.4 Å². The Morgan fingerprint density at radius 2 is 1.00 bits per heavy atom. The fourth-order valence-electron chi connectivity index (χ4n) is 10.9. The molecule has 0 spiro atoms. The van der Waals surface area contributed by atoms with Crippen molar-refractivity contribution in [1.82, 2.24) is 79.0 Å². The molecule has 3 aromatic carbocycles. The number of carboxylic acids is 1. The van der Waals surface area contributed by atoms with Crippen LogP contribution in [-0.2, 0) is 91.2 Å². The number of nitrogens with two attached hydrogens (primary N) is 1. The summed E-state index contributed by atoms with van der Waals surface area (Å²) in [4.78, 5) is 205. The summed E-state index contributed by atoms with van der Waals surface area (Å²) < 4.78 is 0. The van der Waals surface area contributed by atoms with Crippen molar-refractivity contribution >= 4 is 112 Å². The molecular weight excluding hydrogens is 1400 g/mol. The Labute approximate surface area is 607 Å². The highest BCUT2D eigenvalue weighted by Gasteiger charge is 2.41. The van der Waals surface area contributed by atoms with Crippen LogP contribution in [-0.4, -0.2) is 260 Å². The predicted octanol–water partition coefficient (Wildman–Crippen LogP) is -7.51. The smallest absolute Gasteiger partial charge is 0.322 e. The number of nitrogens with one attached hydrogen (secondary N) is 14. The third kappa shape index (κ3) is 26.8. The molecule has 0 radical (unpaired) electrons. The van der Waals surface area contributed by atoms with Gasteiger partial charge in [-0.1, -0.05) is 74.5 Å². The predicted molar refractivity (Wildman–Crippen MR) is 376 cm³/mol. The number of carbonyl (C=O) groups is 15. The van der Waals surface area contributed by atoms with Crippen LogP contribution in [0.5, 0.6) is 5.75 Å². The maximum Gasteiger partial charge on any atom is 0.322 e. The molecule has 1 aliphatic rings. The second kappa shape index (κ2) is 42.1. The van der Waals surface area contributed by atoms with Crippen molar-refractivity contribution in [3.63, 3.8) is 0 Å². The van der Waals surface area contributed by atoms with Gasteiger partial charge in [0.15, 0.2) is 0 Å². The number of phenols is 1. The number of nitrogens with zero attached hydrogens (tertiary/aromatic N) is 1. The van der Waals surface area contributed by atoms with Crippen LogP contribution in [0.15, 0.2) is 85.1 Å². The van der Waals surface area contributed by atoms with Crippen LogP contribution in [0.25, 0.3) is 10.9 Å². The molecule has 2 heterocycles. The molecule has 22 N–H and O–H groups in total. The van der Waals surface area contributed by atoms with Crippen LogP contribution >= 0.6 is 12.6 Å². The number of phenolic OH excluding ortho intramolecular Hbond substituents is 1. The molecule has 0 saturated carbocycles. The number of fused-ring (bicyclic) bond motifs is 1. The molecule has 0 unspecified atom stereocenters. The molecule has 572 valence electrons. The summed E-state index contributed by atoms with van der Waals surface area (Å²) in [6, 6.07) is 4.71. The maximum absolute atomic E-state index is 15.0. The van der Waals surface area contributed by atoms with E-state index in [0.29, 0.717) is 34.0 Å². The van der Waals surface area contributed by atoms with E-state index < -0.39 is 213 Å². The average molecular weight is 1490 g/mol. The summed E-state index contributed by atoms with van der Waals surface area (Å²) in [5.41, 5.74) is 7.78. The van der Waals surface area contributed by atoms with Crippen LogP contribution in [0.1, 0.15) is 63.6 Å². The Bertz CT molecular complexity index is 3720. The highest BCUT2D eigenvalue weighted by Crippen LogP contribution is 2.23. The fourth-order valence-corrected chi connectivity index (χ4v) is 11.1. The van der Waals surface area contributed by atoms with E-state index in [1.165, 1.54) is 36.1 Å². The van der Waals surface area contributed by atoms with Gasteiger partial charge < -0.3 is 115 Å². The molecule has 1 fully saturated rings. The molecular formula is C67H92N16O21S. The van der Waals surface area contributed by atoms with E-state index in [1.807, 2.05) is 5.32 Å². The summed E-state index contributed by atoms with van der Waals surface area (Å²) >= 11 is 4.04. The third-order valence-electron chi connectivity index (χ3n) is 16.4. The number of likely N-dealkylation sites (tertiary alicyclic amines) is 1. The van der Waals surface area contributed by atoms with Gasteiger partial charge in [-0.05, 0) is 73.9 Å². The molecule has 0 bridgehead atoms. The Kier molecular flexibility index (Phi) is 34.0. The lowest BCUT2D eigenvalue weighted by Gasteiger charge is -2.31. The number of hydrogen-bond donors (Lipinski definition) is 22. The van der Waals surface area contributed by atoms with E-state index in [0.717, 1.165) is 6.92 Å². The highest BCUT2D eigenvalue weighted by molar-refractivity contribution is 7.80. The summed E-state index contributed by atoms with van der Waals surface area (Å²) in [5, 5.41) is 90.4. The second-order valence-electron chi connectivity index (χ2n) is 25.0. The quantitative estimate of drug-likeness (QED) is 0.0184. The Hall–Kier alpha value is -10.8. The highest BCUT2D eigenvalue weighted by atomic mass is 32.1. The van der Waals surface area contributed by atoms with Gasteiger partial charge in [-0.25, -0.2) is 0 Å². The van der Waals surface area contributed by atoms with Crippen LogP contribution in [0.4, 0.5) is 0 Å². The van der Waals surface area contributed by atoms with Crippen LogP contribution in [0.3, 0.4) is 0 Å². The molecule has 14 amide bonds. The number of aliphatic carboxylic acids is 1. The maximum atomic E-state index is 15.0. The lowest BCUT2D eigenvalue weighted by Crippen LogP contribution is -2.61. The van der Waals surface area contributed by atoms with Gasteiger partial charge in [0.2, 0.25) is 82.7 Å². The number of aliphatic hydroxyl groups excluding tert-OH is 4. The molecule has 4 aromatic rings. The minimum absolute atomic E-state index is 0.00810. The van der Waals surface area contributed by atoms with Crippen molar-refractivity contribution in [2.45, 2.75) is 139 Å². The first-order valence-electron chi connectivity index (χ1n) is 33.4. The van der Waals surface area contributed by atoms with Crippen molar-refractivity contribution in [2.75, 3.05) is 58.3 Å². The molecule has 12 atom stereocenters. The van der Waals surface area contributed by atoms with Gasteiger partial charge in [0.1, 0.15) is 78.8 Å². The normalized spacial score (nSPS) is 15.7. The van der Waals surface area contributed by atoms with Crippen molar-refractivity contribution in [1.29, 1.82) is 0 Å². The number of aromatic nitrogens is 1. The van der Waals surface area contributed by atoms with Crippen LogP contribution < -0.4 is 74.9 Å². The van der Waals surface area contributed by atoms with Crippen molar-refractivity contribution in [3.05, 3.63) is 102 Å². The number of aromatic hydroxyl groups is 1. The molecule has 5 rings (SSSR count). The number of amides is 14. The number of benzene rings is 3. The fraction of sp³-hybridized carbons (Fsp3) is 0.478. The SMILES string of the molecule is CC(C)C[C@H](NC(=O)[C@H](C)NC(=O)[C@@H]1CCCN1C(=O)[C@H](Cc1ccccc1)NC(=O)[C@H](Cc1c[nH]c2ccccc12)NC(=O)[C@H](CO)NC(=O)CNC(=O)[C@H](Cc1ccc(O)cc1)NC(=O)CN)C(=O)N[C@@H](CO)C(=O)NCC(=O)N[C@@H](CS)C(=O)N[C@@H](CO)C(=O)N[C@H](C(=O)NCC(=O)O)[C@@H](C)O. The molecule has 1 aromatic heterocycles. The first-order valence-corrected chi connectivity index (χ1v) is 34.1. The number of aliphatic hydroxyl groups is 4. The van der Waals surface area contributed by atoms with Gasteiger partial charge in [0, 0.05) is 48.7 Å². The minimum atomic E-state index is -1.77. The summed E-state index contributed by atoms with van der Waals surface area (Å²) in [7, 11) is 0. The van der Waals surface area contributed by atoms with Gasteiger partial charge in [-0.15, -0.1) is 0 Å². The Morgan fingerprint density at radius 1 is 0.524 bits per heavy atom. The third-order valence-corrected chi connectivity index (χ3v) is 16.8. The van der Waals surface area contributed by atoms with Crippen LogP contribution in [0.2, 0.25) is 0 Å². The molecule has 1 saturated heterocycles. The van der Waals surface area contributed by atoms with Gasteiger partial charge in [-0.2, -0.15) is 12.6 Å². The van der Waals surface area contributed by atoms with Crippen LogP contribution in [0, 0.1) is 5.92 Å². The average Bonchev–Trinajstić information content (AvgIpc) is 1.71. The molecule has 105 heavy (non-hydrogen) atoms. The van der Waals surface area contributed by atoms with Crippen molar-refractivity contribution < 1.29 is 103 Å². The van der Waals surface area contributed by atoms with E-state index in [9.17, 15) is 97.5 Å². The number of thiol groups is 1. The summed E-state index contributed by atoms with van der Waals surface area (Å²) in [5.74, 6) is -15.5. The lowest BCUT2D eigenvalue weighted by molar-refractivity contribution is -0.142. The standard InChI is InChI=1S/C67H92N16O21S/c1-34(2)21-43(60(97)80-47(30-84)59(96)71-28-54(91)76-50(33-105)64(101)81-49(32-86)63(100)82-56(36(4)87)66(103)72-29-55(92)93)77-57(94)35(3)73-65(102)51-15-10-20-83(51)67(104)46(23-37-11-6-5-7-12-37)79-61(98)45(24-39-26-69-42-14-9-8-13-41(39)42)78-62(99)48(31-85)75-53(90)27-70-58(95)44(74-52(89)25-68)22-38-16-18-40(88)19-17-38/h5-9,11-14,16-19,26,34-36,43-51,56,69,84-88,105H,10,15,20-25,27-33,68H2,1-4H3,(H,70,95)(H,71,96)(H,72,103)(H,73,102)(H,74,89)(H,75,90)(H,76,91)(H,77,94)(H,78,99)(H,79,98)(H,80,97)(H,81,101)(H,82,100)(H,92,93)/t35-,36+,43-,44-,45-,46-,47-,48-,49-,50-,51-,56-/m0/s1. The minimum Gasteiger partial charge on any atom is -0.508 e. The zero-order chi connectivity index (χ0) is 77.6. The van der Waals surface area contributed by atoms with E-state index in [1.54, 1.807) is 74.6 Å². The Balaban J connectivity index is 1.23. The van der Waals surface area contributed by atoms with E-state index in [4.69, 9.17) is 10.8 Å². The lowest BCUT2D eigenvalue weighted by atomic mass is 10.0. The number of carboxylic acid groups (broad SMARTS) is 1. The van der Waals surface area contributed by atoms with Gasteiger partial charge in [0.25, 0.3) is 0 Å². The van der Waals surface area contributed by atoms with Gasteiger partial charge in [0.05, 0.1) is 45.6 Å². The van der Waals surface area contributed by atoms with Crippen molar-refractivity contribution in [2.24, 2.45) is 11.7 Å². The van der Waals surface area contributed by atoms with E-state index >= 15 is 0 Å². The summed E-state index contributed by atoms with van der Waals surface area (Å²) in [6.07, 6.45) is -0.0409. The number of para-hydroxylation sites is 1. The zero-order valence-electron chi connectivity index (χ0n) is 58.0. The van der Waals surface area contributed by atoms with Gasteiger partial charge >= 0.3 is 5.97 Å². The number of aromatic amines is 1. The summed E-state index contributed by atoms with van der Waals surface area (Å²) in [6.45, 7) is -0.180. The topological polar surface area (TPSA) is 579 Å². The molecule has 37 nitrogen and oxygen atoms in total. The molecule has 38 heteroatoms. The monoisotopic (exact) mass is 1490 g/mol. The first-order chi connectivity index (χ1) is 49.9.